The van der Waals surface area contributed by atoms with Crippen LogP contribution >= 0.6 is 0 Å². The molecule has 1 radical (unpaired) electrons. The number of aromatic nitrogens is 1. The number of hydrogen-bond acceptors (Lipinski definition) is 4. The molecule has 1 aromatic heterocycles. The molecule has 1 amide bonds. The van der Waals surface area contributed by atoms with E-state index in [1.807, 2.05) is 0 Å². The smallest absolute Gasteiger partial charge is 0.304 e. The minimum atomic E-state index is -0.780. The van der Waals surface area contributed by atoms with Crippen molar-refractivity contribution in [2.45, 2.75) is 6.92 Å². The molecule has 1 aromatic rings. The second-order valence-corrected chi connectivity index (χ2v) is 1.96. The van der Waals surface area contributed by atoms with E-state index in [0.717, 1.165) is 6.26 Å². The van der Waals surface area contributed by atoms with Crippen LogP contribution in [0, 0.1) is 0 Å². The molecule has 0 unspecified atom stereocenters. The predicted octanol–water partition coefficient (Wildman–Crippen LogP) is -0.405. The molecular formula is C6H6N2NaO3. The van der Waals surface area contributed by atoms with Crippen LogP contribution in [0.5, 0.6) is 0 Å². The molecule has 0 saturated heterocycles. The number of Topliss-reactive ketones (excluding diaryl/α,β-unsaturated/α-hetero) is 1. The third kappa shape index (κ3) is 2.44. The van der Waals surface area contributed by atoms with E-state index in [2.05, 4.69) is 9.40 Å². The van der Waals surface area contributed by atoms with Crippen LogP contribution in [0.1, 0.15) is 28.1 Å². The fourth-order valence-corrected chi connectivity index (χ4v) is 0.549. The Morgan fingerprint density at radius 1 is 1.58 bits per heavy atom. The Morgan fingerprint density at radius 2 is 2.17 bits per heavy atom. The van der Waals surface area contributed by atoms with E-state index in [0.29, 0.717) is 0 Å². The van der Waals surface area contributed by atoms with Crippen molar-refractivity contribution in [1.82, 2.24) is 4.98 Å². The Kier molecular flexibility index (Phi) is 4.16. The molecule has 0 spiro atoms. The normalized spacial score (nSPS) is 8.75. The van der Waals surface area contributed by atoms with Gasteiger partial charge in [-0.25, -0.2) is 4.98 Å². The quantitative estimate of drug-likeness (QED) is 0.491. The van der Waals surface area contributed by atoms with E-state index in [-0.39, 0.29) is 46.9 Å². The van der Waals surface area contributed by atoms with Gasteiger partial charge in [-0.3, -0.25) is 9.59 Å². The molecule has 0 aliphatic carbocycles. The van der Waals surface area contributed by atoms with Crippen LogP contribution < -0.4 is 5.73 Å². The molecule has 0 aliphatic rings. The Bertz CT molecular complexity index is 279. The molecule has 1 heterocycles. The van der Waals surface area contributed by atoms with E-state index in [1.165, 1.54) is 6.92 Å². The topological polar surface area (TPSA) is 86.2 Å². The first-order valence-corrected chi connectivity index (χ1v) is 2.87. The average molecular weight is 177 g/mol. The van der Waals surface area contributed by atoms with Crippen molar-refractivity contribution in [3.8, 4) is 0 Å². The number of primary amides is 1. The fraction of sp³-hybridized carbons (Fsp3) is 0.167. The Balaban J connectivity index is 0.00000121. The first kappa shape index (κ1) is 11.4. The van der Waals surface area contributed by atoms with Gasteiger partial charge in [0.1, 0.15) is 12.0 Å². The molecule has 12 heavy (non-hydrogen) atoms. The van der Waals surface area contributed by atoms with Crippen molar-refractivity contribution < 1.29 is 14.0 Å². The summed E-state index contributed by atoms with van der Waals surface area (Å²) in [5, 5.41) is 0. The maximum Gasteiger partial charge on any atom is 0.304 e. The van der Waals surface area contributed by atoms with Gasteiger partial charge < -0.3 is 10.2 Å². The zero-order chi connectivity index (χ0) is 8.43. The van der Waals surface area contributed by atoms with Crippen LogP contribution in [0.2, 0.25) is 0 Å². The minimum absolute atomic E-state index is 0. The summed E-state index contributed by atoms with van der Waals surface area (Å²) in [6.45, 7) is 1.32. The second-order valence-electron chi connectivity index (χ2n) is 1.96. The third-order valence-electron chi connectivity index (χ3n) is 1.08. The molecule has 1 rings (SSSR count). The molecule has 5 nitrogen and oxygen atoms in total. The van der Waals surface area contributed by atoms with Crippen molar-refractivity contribution in [2.75, 3.05) is 0 Å². The van der Waals surface area contributed by atoms with Crippen molar-refractivity contribution >= 4 is 41.2 Å². The summed E-state index contributed by atoms with van der Waals surface area (Å²) in [5.41, 5.74) is 4.93. The summed E-state index contributed by atoms with van der Waals surface area (Å²) < 4.78 is 4.58. The van der Waals surface area contributed by atoms with E-state index in [9.17, 15) is 9.59 Å². The minimum Gasteiger partial charge on any atom is -0.440 e. The summed E-state index contributed by atoms with van der Waals surface area (Å²) in [5.74, 6) is -1.28. The molecule has 0 saturated carbocycles. The molecule has 0 atom stereocenters. The standard InChI is InChI=1S/C6H6N2O3.Na/c1-3(9)4-2-11-6(8-4)5(7)10;/h2H,1H3,(H2,7,10);. The largest absolute Gasteiger partial charge is 0.440 e. The zero-order valence-electron chi connectivity index (χ0n) is 6.83. The number of nitrogens with zero attached hydrogens (tertiary/aromatic N) is 1. The van der Waals surface area contributed by atoms with Crippen molar-refractivity contribution in [3.05, 3.63) is 17.8 Å². The molecule has 6 heteroatoms. The number of oxazole rings is 1. The summed E-state index contributed by atoms with van der Waals surface area (Å²) >= 11 is 0. The Hall–Kier alpha value is -0.650. The van der Waals surface area contributed by atoms with E-state index < -0.39 is 5.91 Å². The first-order chi connectivity index (χ1) is 5.11. The van der Waals surface area contributed by atoms with Crippen LogP contribution in [0.15, 0.2) is 10.7 Å². The van der Waals surface area contributed by atoms with Crippen molar-refractivity contribution in [2.24, 2.45) is 5.73 Å². The maximum absolute atomic E-state index is 10.6. The van der Waals surface area contributed by atoms with Gasteiger partial charge in [0.05, 0.1) is 0 Å². The van der Waals surface area contributed by atoms with Crippen molar-refractivity contribution in [3.63, 3.8) is 0 Å². The fourth-order valence-electron chi connectivity index (χ4n) is 0.549. The van der Waals surface area contributed by atoms with Gasteiger partial charge in [0, 0.05) is 36.5 Å². The molecule has 0 aromatic carbocycles. The van der Waals surface area contributed by atoms with E-state index in [4.69, 9.17) is 5.73 Å². The summed E-state index contributed by atoms with van der Waals surface area (Å²) in [4.78, 5) is 24.5. The van der Waals surface area contributed by atoms with Gasteiger partial charge in [0.15, 0.2) is 5.78 Å². The molecule has 0 fully saturated rings. The van der Waals surface area contributed by atoms with Crippen LogP contribution in [-0.4, -0.2) is 46.2 Å². The number of rotatable bonds is 2. The monoisotopic (exact) mass is 177 g/mol. The van der Waals surface area contributed by atoms with Gasteiger partial charge in [-0.1, -0.05) is 0 Å². The Labute approximate surface area is 90.6 Å². The van der Waals surface area contributed by atoms with Crippen LogP contribution in [0.4, 0.5) is 0 Å². The molecule has 0 aliphatic heterocycles. The second kappa shape index (κ2) is 4.39. The number of carbonyl (C=O) groups excluding carboxylic acids is 2. The molecule has 2 N–H and O–H groups in total. The summed E-state index contributed by atoms with van der Waals surface area (Å²) in [6, 6.07) is 0. The van der Waals surface area contributed by atoms with Gasteiger partial charge in [-0.05, 0) is 0 Å². The van der Waals surface area contributed by atoms with Crippen LogP contribution in [0.25, 0.3) is 0 Å². The molecule has 59 valence electrons. The summed E-state index contributed by atoms with van der Waals surface area (Å²) in [7, 11) is 0. The Morgan fingerprint density at radius 3 is 2.42 bits per heavy atom. The van der Waals surface area contributed by atoms with E-state index >= 15 is 0 Å². The number of ketones is 1. The number of carbonyl (C=O) groups is 2. The van der Waals surface area contributed by atoms with Crippen molar-refractivity contribution in [1.29, 1.82) is 0 Å². The predicted molar refractivity (Wildman–Crippen MR) is 40.8 cm³/mol. The molecule has 0 bridgehead atoms. The first-order valence-electron chi connectivity index (χ1n) is 2.87. The third-order valence-corrected chi connectivity index (χ3v) is 1.08. The summed E-state index contributed by atoms with van der Waals surface area (Å²) in [6.07, 6.45) is 1.10. The number of hydrogen-bond donors (Lipinski definition) is 1. The van der Waals surface area contributed by atoms with Crippen LogP contribution in [-0.2, 0) is 0 Å². The SMILES string of the molecule is CC(=O)c1coc(C(N)=O)n1.[Na]. The van der Waals surface area contributed by atoms with Gasteiger partial charge >= 0.3 is 5.91 Å². The average Bonchev–Trinajstić information content (AvgIpc) is 2.33. The maximum atomic E-state index is 10.6. The van der Waals surface area contributed by atoms with Gasteiger partial charge in [-0.15, -0.1) is 0 Å². The van der Waals surface area contributed by atoms with E-state index in [1.54, 1.807) is 0 Å². The molecular weight excluding hydrogens is 171 g/mol. The van der Waals surface area contributed by atoms with Gasteiger partial charge in [0.25, 0.3) is 5.89 Å². The van der Waals surface area contributed by atoms with Crippen LogP contribution in [0.3, 0.4) is 0 Å². The number of nitrogens with two attached hydrogens (primary N) is 1. The van der Waals surface area contributed by atoms with Gasteiger partial charge in [0.2, 0.25) is 0 Å². The number of amides is 1. The zero-order valence-corrected chi connectivity index (χ0v) is 8.83. The van der Waals surface area contributed by atoms with Gasteiger partial charge in [-0.2, -0.15) is 0 Å².